The number of carbonyl (C=O) groups excluding carboxylic acids is 1. The van der Waals surface area contributed by atoms with E-state index in [0.29, 0.717) is 19.4 Å². The van der Waals surface area contributed by atoms with Crippen LogP contribution in [0.15, 0.2) is 54.6 Å². The lowest BCUT2D eigenvalue weighted by Crippen LogP contribution is -2.50. The summed E-state index contributed by atoms with van der Waals surface area (Å²) in [5.41, 5.74) is 3.40. The van der Waals surface area contributed by atoms with Crippen LogP contribution in [0.25, 0.3) is 11.1 Å². The number of hydrogen-bond acceptors (Lipinski definition) is 3. The van der Waals surface area contributed by atoms with Crippen molar-refractivity contribution >= 4 is 15.9 Å². The van der Waals surface area contributed by atoms with Crippen molar-refractivity contribution in [1.29, 1.82) is 0 Å². The SMILES string of the molecule is CCS(=O)(=O)N[C@H]1CCN(C(=O)C2CCC2)[C@H]1Cc1cccc(-c2ccccc2)c1. The van der Waals surface area contributed by atoms with Crippen molar-refractivity contribution < 1.29 is 13.2 Å². The van der Waals surface area contributed by atoms with Gasteiger partial charge in [0, 0.05) is 18.5 Å². The Morgan fingerprint density at radius 2 is 1.77 bits per heavy atom. The number of nitrogens with one attached hydrogen (secondary N) is 1. The van der Waals surface area contributed by atoms with Crippen LogP contribution in [0.4, 0.5) is 0 Å². The van der Waals surface area contributed by atoms with Gasteiger partial charge in [-0.2, -0.15) is 0 Å². The molecular formula is C24H30N2O3S. The summed E-state index contributed by atoms with van der Waals surface area (Å²) in [4.78, 5) is 15.0. The molecule has 6 heteroatoms. The van der Waals surface area contributed by atoms with Gasteiger partial charge < -0.3 is 4.90 Å². The minimum absolute atomic E-state index is 0.0519. The average Bonchev–Trinajstić information content (AvgIpc) is 3.09. The molecule has 2 atom stereocenters. The number of amides is 1. The summed E-state index contributed by atoms with van der Waals surface area (Å²) in [5.74, 6) is 0.365. The second-order valence-electron chi connectivity index (χ2n) is 8.41. The molecule has 5 nitrogen and oxygen atoms in total. The first-order valence-electron chi connectivity index (χ1n) is 10.9. The van der Waals surface area contributed by atoms with Crippen molar-refractivity contribution in [3.05, 3.63) is 60.2 Å². The predicted octanol–water partition coefficient (Wildman–Crippen LogP) is 3.61. The van der Waals surface area contributed by atoms with Crippen LogP contribution in [0.2, 0.25) is 0 Å². The number of carbonyl (C=O) groups is 1. The average molecular weight is 427 g/mol. The second-order valence-corrected chi connectivity index (χ2v) is 10.5. The fourth-order valence-corrected chi connectivity index (χ4v) is 5.37. The number of hydrogen-bond donors (Lipinski definition) is 1. The van der Waals surface area contributed by atoms with E-state index >= 15 is 0 Å². The van der Waals surface area contributed by atoms with E-state index in [0.717, 1.165) is 36.0 Å². The molecule has 1 aliphatic carbocycles. The summed E-state index contributed by atoms with van der Waals surface area (Å²) < 4.78 is 27.4. The van der Waals surface area contributed by atoms with Gasteiger partial charge in [-0.25, -0.2) is 13.1 Å². The van der Waals surface area contributed by atoms with Crippen molar-refractivity contribution in [3.8, 4) is 11.1 Å². The molecule has 0 spiro atoms. The van der Waals surface area contributed by atoms with Crippen LogP contribution in [0.3, 0.4) is 0 Å². The summed E-state index contributed by atoms with van der Waals surface area (Å²) in [7, 11) is -3.33. The maximum absolute atomic E-state index is 13.0. The first kappa shape index (κ1) is 21.1. The molecule has 1 heterocycles. The molecule has 1 saturated heterocycles. The van der Waals surface area contributed by atoms with Crippen LogP contribution in [-0.4, -0.2) is 43.6 Å². The Morgan fingerprint density at radius 3 is 2.43 bits per heavy atom. The zero-order valence-corrected chi connectivity index (χ0v) is 18.3. The Balaban J connectivity index is 1.59. The summed E-state index contributed by atoms with van der Waals surface area (Å²) in [5, 5.41) is 0. The first-order valence-corrected chi connectivity index (χ1v) is 12.6. The molecular weight excluding hydrogens is 396 g/mol. The van der Waals surface area contributed by atoms with Gasteiger partial charge in [-0.3, -0.25) is 4.79 Å². The van der Waals surface area contributed by atoms with E-state index < -0.39 is 10.0 Å². The molecule has 1 aliphatic heterocycles. The molecule has 2 aromatic carbocycles. The molecule has 0 unspecified atom stereocenters. The number of likely N-dealkylation sites (tertiary alicyclic amines) is 1. The molecule has 1 N–H and O–H groups in total. The normalized spacial score (nSPS) is 22.1. The molecule has 30 heavy (non-hydrogen) atoms. The van der Waals surface area contributed by atoms with E-state index in [1.807, 2.05) is 29.2 Å². The molecule has 2 aromatic rings. The van der Waals surface area contributed by atoms with Crippen molar-refractivity contribution in [2.24, 2.45) is 5.92 Å². The smallest absolute Gasteiger partial charge is 0.225 e. The van der Waals surface area contributed by atoms with E-state index in [2.05, 4.69) is 35.1 Å². The Bertz CT molecular complexity index is 987. The third kappa shape index (κ3) is 4.60. The third-order valence-corrected chi connectivity index (χ3v) is 7.90. The molecule has 160 valence electrons. The lowest BCUT2D eigenvalue weighted by atomic mass is 9.84. The highest BCUT2D eigenvalue weighted by molar-refractivity contribution is 7.89. The minimum Gasteiger partial charge on any atom is -0.337 e. The van der Waals surface area contributed by atoms with E-state index in [-0.39, 0.29) is 29.7 Å². The molecule has 1 amide bonds. The second kappa shape index (κ2) is 8.90. The van der Waals surface area contributed by atoms with Gasteiger partial charge in [0.05, 0.1) is 11.8 Å². The standard InChI is InChI=1S/C24H30N2O3S/c1-2-30(28,29)25-22-14-15-26(24(27)20-11-7-12-20)23(22)17-18-8-6-13-21(16-18)19-9-4-3-5-10-19/h3-6,8-10,13,16,20,22-23,25H,2,7,11-12,14-15,17H2,1H3/t22-,23-/m0/s1. The van der Waals surface area contributed by atoms with Gasteiger partial charge in [-0.15, -0.1) is 0 Å². The van der Waals surface area contributed by atoms with Crippen molar-refractivity contribution in [2.75, 3.05) is 12.3 Å². The summed E-state index contributed by atoms with van der Waals surface area (Å²) in [6.07, 6.45) is 4.34. The topological polar surface area (TPSA) is 66.5 Å². The molecule has 0 radical (unpaired) electrons. The van der Waals surface area contributed by atoms with Crippen LogP contribution < -0.4 is 4.72 Å². The number of rotatable bonds is 7. The van der Waals surface area contributed by atoms with Crippen molar-refractivity contribution in [1.82, 2.24) is 9.62 Å². The van der Waals surface area contributed by atoms with Gasteiger partial charge in [0.25, 0.3) is 0 Å². The maximum atomic E-state index is 13.0. The Kier molecular flexibility index (Phi) is 6.25. The van der Waals surface area contributed by atoms with E-state index in [1.165, 1.54) is 0 Å². The number of benzene rings is 2. The van der Waals surface area contributed by atoms with E-state index in [9.17, 15) is 13.2 Å². The van der Waals surface area contributed by atoms with Gasteiger partial charge in [-0.1, -0.05) is 61.0 Å². The highest BCUT2D eigenvalue weighted by atomic mass is 32.2. The molecule has 1 saturated carbocycles. The van der Waals surface area contributed by atoms with Crippen molar-refractivity contribution in [2.45, 2.75) is 51.1 Å². The number of sulfonamides is 1. The minimum atomic E-state index is -3.33. The fourth-order valence-electron chi connectivity index (χ4n) is 4.47. The van der Waals surface area contributed by atoms with Gasteiger partial charge in [-0.05, 0) is 49.3 Å². The third-order valence-electron chi connectivity index (χ3n) is 6.47. The monoisotopic (exact) mass is 426 g/mol. The van der Waals surface area contributed by atoms with Crippen LogP contribution in [0, 0.1) is 5.92 Å². The Morgan fingerprint density at radius 1 is 1.03 bits per heavy atom. The quantitative estimate of drug-likeness (QED) is 0.736. The molecule has 2 aliphatic rings. The number of nitrogens with zero attached hydrogens (tertiary/aromatic N) is 1. The summed E-state index contributed by atoms with van der Waals surface area (Å²) >= 11 is 0. The zero-order chi connectivity index (χ0) is 21.1. The van der Waals surface area contributed by atoms with E-state index in [1.54, 1.807) is 6.92 Å². The van der Waals surface area contributed by atoms with E-state index in [4.69, 9.17) is 0 Å². The highest BCUT2D eigenvalue weighted by Crippen LogP contribution is 2.33. The van der Waals surface area contributed by atoms with Gasteiger partial charge in [0.2, 0.25) is 15.9 Å². The van der Waals surface area contributed by atoms with Crippen LogP contribution in [0.5, 0.6) is 0 Å². The zero-order valence-electron chi connectivity index (χ0n) is 17.5. The summed E-state index contributed by atoms with van der Waals surface area (Å²) in [6.45, 7) is 2.27. The first-order chi connectivity index (χ1) is 14.5. The van der Waals surface area contributed by atoms with Gasteiger partial charge in [0.1, 0.15) is 0 Å². The largest absolute Gasteiger partial charge is 0.337 e. The van der Waals surface area contributed by atoms with Crippen LogP contribution in [0.1, 0.15) is 38.2 Å². The fraction of sp³-hybridized carbons (Fsp3) is 0.458. The molecule has 0 bridgehead atoms. The van der Waals surface area contributed by atoms with Gasteiger partial charge >= 0.3 is 0 Å². The molecule has 2 fully saturated rings. The van der Waals surface area contributed by atoms with Crippen LogP contribution >= 0.6 is 0 Å². The summed E-state index contributed by atoms with van der Waals surface area (Å²) in [6, 6.07) is 18.2. The lowest BCUT2D eigenvalue weighted by molar-refractivity contribution is -0.139. The predicted molar refractivity (Wildman–Crippen MR) is 119 cm³/mol. The highest BCUT2D eigenvalue weighted by Gasteiger charge is 2.41. The Labute approximate surface area is 179 Å². The van der Waals surface area contributed by atoms with Gasteiger partial charge in [0.15, 0.2) is 0 Å². The Hall–Kier alpha value is -2.18. The van der Waals surface area contributed by atoms with Crippen molar-refractivity contribution in [3.63, 3.8) is 0 Å². The molecule has 4 rings (SSSR count). The lowest BCUT2D eigenvalue weighted by Gasteiger charge is -2.34. The molecule has 0 aromatic heterocycles. The maximum Gasteiger partial charge on any atom is 0.225 e. The van der Waals surface area contributed by atoms with Crippen LogP contribution in [-0.2, 0) is 21.2 Å².